The quantitative estimate of drug-likeness (QED) is 0.767. The standard InChI is InChI=1S/C16H23N3O4S/c1-10-15(11(2)18-17-10)24(20,21)19-12-5-6-13-14(9-12)23-16(22-13)7-3-4-8-16/h5-6,9-11,15,17-19H,3-4,7-8H2,1-2H3. The molecule has 24 heavy (non-hydrogen) atoms. The summed E-state index contributed by atoms with van der Waals surface area (Å²) in [6.45, 7) is 3.70. The fraction of sp³-hybridized carbons (Fsp3) is 0.625. The van der Waals surface area contributed by atoms with E-state index in [1.807, 2.05) is 13.8 Å². The molecule has 1 aromatic carbocycles. The van der Waals surface area contributed by atoms with Gasteiger partial charge < -0.3 is 9.47 Å². The van der Waals surface area contributed by atoms with Crippen LogP contribution in [0.5, 0.6) is 11.5 Å². The Morgan fingerprint density at radius 2 is 1.71 bits per heavy atom. The Morgan fingerprint density at radius 3 is 2.38 bits per heavy atom. The van der Waals surface area contributed by atoms with Crippen molar-refractivity contribution in [2.75, 3.05) is 4.72 Å². The highest BCUT2D eigenvalue weighted by Gasteiger charge is 2.44. The van der Waals surface area contributed by atoms with Gasteiger partial charge in [-0.05, 0) is 38.8 Å². The van der Waals surface area contributed by atoms with Gasteiger partial charge in [0.1, 0.15) is 5.25 Å². The van der Waals surface area contributed by atoms with E-state index in [0.717, 1.165) is 25.7 Å². The summed E-state index contributed by atoms with van der Waals surface area (Å²) in [6, 6.07) is 4.86. The molecule has 2 aliphatic heterocycles. The molecule has 2 atom stereocenters. The fourth-order valence-corrected chi connectivity index (χ4v) is 5.71. The summed E-state index contributed by atoms with van der Waals surface area (Å²) in [5.41, 5.74) is 6.44. The predicted octanol–water partition coefficient (Wildman–Crippen LogP) is 1.72. The van der Waals surface area contributed by atoms with E-state index < -0.39 is 21.1 Å². The van der Waals surface area contributed by atoms with Crippen LogP contribution in [-0.2, 0) is 10.0 Å². The van der Waals surface area contributed by atoms with Crippen LogP contribution in [0.15, 0.2) is 18.2 Å². The van der Waals surface area contributed by atoms with E-state index in [-0.39, 0.29) is 12.1 Å². The van der Waals surface area contributed by atoms with E-state index >= 15 is 0 Å². The normalized spacial score (nSPS) is 30.8. The molecule has 0 aromatic heterocycles. The second-order valence-electron chi connectivity index (χ2n) is 6.96. The molecule has 2 heterocycles. The van der Waals surface area contributed by atoms with Crippen LogP contribution < -0.4 is 25.0 Å². The minimum absolute atomic E-state index is 0.173. The van der Waals surface area contributed by atoms with E-state index in [4.69, 9.17) is 9.47 Å². The number of sulfonamides is 1. The summed E-state index contributed by atoms with van der Waals surface area (Å²) in [5, 5.41) is -0.552. The molecule has 1 saturated carbocycles. The lowest BCUT2D eigenvalue weighted by Crippen LogP contribution is -2.41. The first kappa shape index (κ1) is 16.0. The van der Waals surface area contributed by atoms with Crippen LogP contribution in [0, 0.1) is 0 Å². The number of rotatable bonds is 3. The van der Waals surface area contributed by atoms with Crippen LogP contribution in [0.4, 0.5) is 5.69 Å². The van der Waals surface area contributed by atoms with E-state index in [0.29, 0.717) is 17.2 Å². The van der Waals surface area contributed by atoms with Crippen molar-refractivity contribution in [3.05, 3.63) is 18.2 Å². The largest absolute Gasteiger partial charge is 0.448 e. The average molecular weight is 353 g/mol. The first-order valence-corrected chi connectivity index (χ1v) is 9.98. The highest BCUT2D eigenvalue weighted by Crippen LogP contribution is 2.47. The van der Waals surface area contributed by atoms with Crippen LogP contribution in [0.25, 0.3) is 0 Å². The lowest BCUT2D eigenvalue weighted by Gasteiger charge is -2.21. The lowest BCUT2D eigenvalue weighted by molar-refractivity contribution is -0.0716. The number of nitrogens with one attached hydrogen (secondary N) is 3. The molecule has 0 radical (unpaired) electrons. The molecule has 1 spiro atoms. The van der Waals surface area contributed by atoms with E-state index in [1.165, 1.54) is 0 Å². The maximum absolute atomic E-state index is 12.7. The summed E-state index contributed by atoms with van der Waals surface area (Å²) < 4.78 is 40.1. The zero-order chi connectivity index (χ0) is 16.9. The molecular weight excluding hydrogens is 330 g/mol. The summed E-state index contributed by atoms with van der Waals surface area (Å²) in [5.74, 6) is 0.758. The Kier molecular flexibility index (Phi) is 3.67. The molecular formula is C16H23N3O4S. The zero-order valence-corrected chi connectivity index (χ0v) is 14.7. The van der Waals surface area contributed by atoms with E-state index in [1.54, 1.807) is 18.2 Å². The SMILES string of the molecule is CC1NNC(C)C1S(=O)(=O)Nc1ccc2c(c1)OC1(CCCC1)O2. The van der Waals surface area contributed by atoms with Crippen LogP contribution in [0.2, 0.25) is 0 Å². The number of hydrogen-bond donors (Lipinski definition) is 3. The van der Waals surface area contributed by atoms with Crippen molar-refractivity contribution in [3.8, 4) is 11.5 Å². The Bertz CT molecular complexity index is 736. The Balaban J connectivity index is 1.55. The topological polar surface area (TPSA) is 88.7 Å². The van der Waals surface area contributed by atoms with Gasteiger partial charge in [0, 0.05) is 31.0 Å². The second-order valence-corrected chi connectivity index (χ2v) is 8.80. The number of anilines is 1. The summed E-state index contributed by atoms with van der Waals surface area (Å²) in [7, 11) is -3.53. The van der Waals surface area contributed by atoms with Crippen molar-refractivity contribution >= 4 is 15.7 Å². The van der Waals surface area contributed by atoms with Gasteiger partial charge in [0.15, 0.2) is 11.5 Å². The molecule has 1 saturated heterocycles. The Hall–Kier alpha value is -1.51. The van der Waals surface area contributed by atoms with Crippen molar-refractivity contribution in [2.45, 2.75) is 62.7 Å². The predicted molar refractivity (Wildman–Crippen MR) is 90.4 cm³/mol. The molecule has 0 amide bonds. The monoisotopic (exact) mass is 353 g/mol. The molecule has 7 nitrogen and oxygen atoms in total. The van der Waals surface area contributed by atoms with Crippen LogP contribution in [-0.4, -0.2) is 31.5 Å². The molecule has 0 bridgehead atoms. The molecule has 2 fully saturated rings. The molecule has 4 rings (SSSR count). The van der Waals surface area contributed by atoms with Crippen molar-refractivity contribution in [3.63, 3.8) is 0 Å². The number of fused-ring (bicyclic) bond motifs is 1. The third-order valence-electron chi connectivity index (χ3n) is 5.04. The Morgan fingerprint density at radius 1 is 1.08 bits per heavy atom. The number of hydrogen-bond acceptors (Lipinski definition) is 6. The van der Waals surface area contributed by atoms with Gasteiger partial charge in [0.05, 0.1) is 5.69 Å². The minimum atomic E-state index is -3.53. The van der Waals surface area contributed by atoms with Crippen molar-refractivity contribution in [2.24, 2.45) is 0 Å². The average Bonchev–Trinajstić information content (AvgIpc) is 3.18. The van der Waals surface area contributed by atoms with Gasteiger partial charge in [-0.3, -0.25) is 15.6 Å². The van der Waals surface area contributed by atoms with Crippen molar-refractivity contribution < 1.29 is 17.9 Å². The van der Waals surface area contributed by atoms with Gasteiger partial charge in [0.2, 0.25) is 10.0 Å². The zero-order valence-electron chi connectivity index (χ0n) is 13.8. The van der Waals surface area contributed by atoms with Gasteiger partial charge in [-0.1, -0.05) is 0 Å². The van der Waals surface area contributed by atoms with Gasteiger partial charge >= 0.3 is 0 Å². The molecule has 8 heteroatoms. The first-order chi connectivity index (χ1) is 11.4. The third kappa shape index (κ3) is 2.62. The van der Waals surface area contributed by atoms with Crippen LogP contribution in [0.1, 0.15) is 39.5 Å². The maximum atomic E-state index is 12.7. The summed E-state index contributed by atoms with van der Waals surface area (Å²) in [4.78, 5) is 0. The molecule has 1 aromatic rings. The van der Waals surface area contributed by atoms with Crippen molar-refractivity contribution in [1.29, 1.82) is 0 Å². The minimum Gasteiger partial charge on any atom is -0.448 e. The van der Waals surface area contributed by atoms with Gasteiger partial charge in [-0.25, -0.2) is 8.42 Å². The smallest absolute Gasteiger partial charge is 0.251 e. The van der Waals surface area contributed by atoms with Gasteiger partial charge in [0.25, 0.3) is 5.79 Å². The molecule has 132 valence electrons. The van der Waals surface area contributed by atoms with Crippen LogP contribution >= 0.6 is 0 Å². The number of benzene rings is 1. The highest BCUT2D eigenvalue weighted by atomic mass is 32.2. The lowest BCUT2D eigenvalue weighted by atomic mass is 10.2. The Labute approximate surface area is 142 Å². The highest BCUT2D eigenvalue weighted by molar-refractivity contribution is 7.93. The molecule has 3 aliphatic rings. The van der Waals surface area contributed by atoms with E-state index in [2.05, 4.69) is 15.6 Å². The summed E-state index contributed by atoms with van der Waals surface area (Å²) in [6.07, 6.45) is 3.92. The second kappa shape index (κ2) is 5.50. The third-order valence-corrected chi connectivity index (χ3v) is 7.10. The van der Waals surface area contributed by atoms with Crippen LogP contribution in [0.3, 0.4) is 0 Å². The summed E-state index contributed by atoms with van der Waals surface area (Å²) >= 11 is 0. The number of ether oxygens (including phenoxy) is 2. The van der Waals surface area contributed by atoms with E-state index in [9.17, 15) is 8.42 Å². The van der Waals surface area contributed by atoms with Gasteiger partial charge in [-0.15, -0.1) is 0 Å². The van der Waals surface area contributed by atoms with Gasteiger partial charge in [-0.2, -0.15) is 0 Å². The van der Waals surface area contributed by atoms with Crippen molar-refractivity contribution in [1.82, 2.24) is 10.9 Å². The molecule has 3 N–H and O–H groups in total. The number of hydrazine groups is 1. The fourth-order valence-electron chi connectivity index (χ4n) is 3.90. The first-order valence-electron chi connectivity index (χ1n) is 8.43. The molecule has 2 unspecified atom stereocenters. The maximum Gasteiger partial charge on any atom is 0.251 e. The molecule has 1 aliphatic carbocycles.